The van der Waals surface area contributed by atoms with Gasteiger partial charge in [0.25, 0.3) is 5.69 Å². The first kappa shape index (κ1) is 17.9. The number of urea groups is 1. The van der Waals surface area contributed by atoms with Crippen LogP contribution in [0.3, 0.4) is 0 Å². The minimum Gasteiger partial charge on any atom is -0.479 e. The fourth-order valence-electron chi connectivity index (χ4n) is 1.48. The van der Waals surface area contributed by atoms with E-state index in [1.54, 1.807) is 0 Å². The minimum atomic E-state index is -2.12. The highest BCUT2D eigenvalue weighted by atomic mass is 79.9. The van der Waals surface area contributed by atoms with Crippen molar-refractivity contribution in [3.63, 3.8) is 0 Å². The van der Waals surface area contributed by atoms with Crippen LogP contribution in [0.2, 0.25) is 0 Å². The van der Waals surface area contributed by atoms with Gasteiger partial charge >= 0.3 is 12.0 Å². The lowest BCUT2D eigenvalue weighted by Crippen LogP contribution is -2.47. The maximum absolute atomic E-state index is 11.7. The van der Waals surface area contributed by atoms with E-state index in [-0.39, 0.29) is 16.9 Å². The van der Waals surface area contributed by atoms with Crippen LogP contribution in [0, 0.1) is 17.0 Å². The number of rotatable bonds is 5. The number of aliphatic hydroxyl groups is 1. The topological polar surface area (TPSA) is 142 Å². The van der Waals surface area contributed by atoms with Crippen LogP contribution in [0.1, 0.15) is 12.5 Å². The molecule has 9 nitrogen and oxygen atoms in total. The summed E-state index contributed by atoms with van der Waals surface area (Å²) in [6, 6.07) is 1.97. The molecular formula is C12H14BrN3O6. The zero-order chi connectivity index (χ0) is 17.1. The Morgan fingerprint density at radius 2 is 2.05 bits per heavy atom. The highest BCUT2D eigenvalue weighted by Crippen LogP contribution is 2.30. The van der Waals surface area contributed by atoms with Crippen molar-refractivity contribution in [2.75, 3.05) is 11.9 Å². The van der Waals surface area contributed by atoms with Crippen molar-refractivity contribution in [2.45, 2.75) is 19.4 Å². The average Bonchev–Trinajstić information content (AvgIpc) is 2.39. The number of benzene rings is 1. The number of carbonyl (C=O) groups excluding carboxylic acids is 1. The molecule has 1 aromatic carbocycles. The van der Waals surface area contributed by atoms with Crippen molar-refractivity contribution < 1.29 is 24.7 Å². The summed E-state index contributed by atoms with van der Waals surface area (Å²) in [7, 11) is 0. The van der Waals surface area contributed by atoms with Crippen LogP contribution in [0.25, 0.3) is 0 Å². The number of nitro groups is 1. The molecule has 1 atom stereocenters. The number of amides is 2. The molecule has 0 aliphatic carbocycles. The summed E-state index contributed by atoms with van der Waals surface area (Å²) >= 11 is 3.10. The lowest BCUT2D eigenvalue weighted by molar-refractivity contribution is -0.385. The van der Waals surface area contributed by atoms with E-state index in [0.717, 1.165) is 6.92 Å². The number of carboxylic acid groups (broad SMARTS) is 1. The van der Waals surface area contributed by atoms with Crippen LogP contribution in [0.5, 0.6) is 0 Å². The average molecular weight is 376 g/mol. The first-order chi connectivity index (χ1) is 10.0. The lowest BCUT2D eigenvalue weighted by Gasteiger charge is -2.18. The van der Waals surface area contributed by atoms with Crippen molar-refractivity contribution >= 4 is 39.3 Å². The molecule has 0 bridgehead atoms. The van der Waals surface area contributed by atoms with Crippen LogP contribution < -0.4 is 10.6 Å². The largest absolute Gasteiger partial charge is 0.479 e. The normalized spacial score (nSPS) is 13.1. The predicted molar refractivity (Wildman–Crippen MR) is 80.8 cm³/mol. The number of nitrogens with one attached hydrogen (secondary N) is 2. The van der Waals surface area contributed by atoms with Crippen LogP contribution >= 0.6 is 15.9 Å². The summed E-state index contributed by atoms with van der Waals surface area (Å²) in [5, 5.41) is 33.7. The molecule has 0 radical (unpaired) electrons. The van der Waals surface area contributed by atoms with E-state index in [1.807, 2.05) is 0 Å². The van der Waals surface area contributed by atoms with Crippen molar-refractivity contribution in [1.82, 2.24) is 5.32 Å². The summed E-state index contributed by atoms with van der Waals surface area (Å²) in [4.78, 5) is 32.7. The van der Waals surface area contributed by atoms with Crippen molar-refractivity contribution in [1.29, 1.82) is 0 Å². The minimum absolute atomic E-state index is 0.179. The Balaban J connectivity index is 2.85. The third-order valence-corrected chi connectivity index (χ3v) is 3.30. The van der Waals surface area contributed by atoms with Gasteiger partial charge in [0.1, 0.15) is 0 Å². The molecule has 10 heteroatoms. The van der Waals surface area contributed by atoms with Crippen LogP contribution in [-0.2, 0) is 4.79 Å². The maximum atomic E-state index is 11.7. The Morgan fingerprint density at radius 3 is 2.55 bits per heavy atom. The molecule has 0 saturated heterocycles. The van der Waals surface area contributed by atoms with Crippen molar-refractivity contribution in [3.05, 3.63) is 32.3 Å². The third kappa shape index (κ3) is 4.40. The zero-order valence-corrected chi connectivity index (χ0v) is 13.3. The monoisotopic (exact) mass is 375 g/mol. The number of nitro benzene ring substituents is 1. The first-order valence-corrected chi connectivity index (χ1v) is 6.79. The molecule has 0 aromatic heterocycles. The summed E-state index contributed by atoms with van der Waals surface area (Å²) in [5.41, 5.74) is -1.86. The second-order valence-electron chi connectivity index (χ2n) is 4.74. The van der Waals surface area contributed by atoms with E-state index in [2.05, 4.69) is 26.6 Å². The Morgan fingerprint density at radius 1 is 1.45 bits per heavy atom. The van der Waals surface area contributed by atoms with Gasteiger partial charge in [0.15, 0.2) is 5.60 Å². The Kier molecular flexibility index (Phi) is 5.44. The smallest absolute Gasteiger partial charge is 0.337 e. The SMILES string of the molecule is Cc1c(NC(=O)NCC(C)(O)C(=O)O)cc(Br)cc1[N+](=O)[O-]. The standard InChI is InChI=1S/C12H14BrN3O6/c1-6-8(3-7(13)4-9(6)16(21)22)15-11(19)14-5-12(2,20)10(17)18/h3-4,20H,5H2,1-2H3,(H,17,18)(H2,14,15,19). The van der Waals surface area contributed by atoms with E-state index in [4.69, 9.17) is 5.11 Å². The van der Waals surface area contributed by atoms with Gasteiger partial charge in [-0.1, -0.05) is 15.9 Å². The molecule has 22 heavy (non-hydrogen) atoms. The van der Waals surface area contributed by atoms with Crippen molar-refractivity contribution in [2.24, 2.45) is 0 Å². The summed E-state index contributed by atoms with van der Waals surface area (Å²) in [6.45, 7) is 1.97. The molecule has 0 saturated carbocycles. The molecule has 0 fully saturated rings. The molecule has 1 aromatic rings. The van der Waals surface area contributed by atoms with Gasteiger partial charge in [0.05, 0.1) is 22.7 Å². The number of hydrogen-bond donors (Lipinski definition) is 4. The number of halogens is 1. The maximum Gasteiger partial charge on any atom is 0.337 e. The van der Waals surface area contributed by atoms with Crippen LogP contribution in [0.4, 0.5) is 16.2 Å². The molecule has 120 valence electrons. The summed E-state index contributed by atoms with van der Waals surface area (Å²) in [6.07, 6.45) is 0. The van der Waals surface area contributed by atoms with E-state index >= 15 is 0 Å². The molecular weight excluding hydrogens is 362 g/mol. The van der Waals surface area contributed by atoms with E-state index < -0.39 is 29.1 Å². The number of nitrogens with zero attached hydrogens (tertiary/aromatic N) is 1. The second kappa shape index (κ2) is 6.71. The molecule has 1 unspecified atom stereocenters. The van der Waals surface area contributed by atoms with Gasteiger partial charge < -0.3 is 20.8 Å². The van der Waals surface area contributed by atoms with Gasteiger partial charge in [0.2, 0.25) is 0 Å². The van der Waals surface area contributed by atoms with Gasteiger partial charge in [-0.05, 0) is 19.9 Å². The number of aliphatic carboxylic acids is 1. The van der Waals surface area contributed by atoms with Gasteiger partial charge in [-0.2, -0.15) is 0 Å². The Labute approximate surface area is 133 Å². The number of carbonyl (C=O) groups is 2. The number of anilines is 1. The lowest BCUT2D eigenvalue weighted by atomic mass is 10.1. The molecule has 4 N–H and O–H groups in total. The number of hydrogen-bond acceptors (Lipinski definition) is 5. The molecule has 1 rings (SSSR count). The summed E-state index contributed by atoms with van der Waals surface area (Å²) < 4.78 is 0.401. The Bertz CT molecular complexity index is 632. The van der Waals surface area contributed by atoms with E-state index in [1.165, 1.54) is 19.1 Å². The molecule has 0 heterocycles. The molecule has 0 aliphatic heterocycles. The predicted octanol–water partition coefficient (Wildman–Crippen LogP) is 1.62. The van der Waals surface area contributed by atoms with E-state index in [9.17, 15) is 24.8 Å². The van der Waals surface area contributed by atoms with Crippen LogP contribution in [0.15, 0.2) is 16.6 Å². The fourth-order valence-corrected chi connectivity index (χ4v) is 1.92. The highest BCUT2D eigenvalue weighted by Gasteiger charge is 2.30. The van der Waals surface area contributed by atoms with Gasteiger partial charge in [0, 0.05) is 10.5 Å². The molecule has 2 amide bonds. The second-order valence-corrected chi connectivity index (χ2v) is 5.66. The quantitative estimate of drug-likeness (QED) is 0.455. The first-order valence-electron chi connectivity index (χ1n) is 6.00. The van der Waals surface area contributed by atoms with Crippen LogP contribution in [-0.4, -0.2) is 39.3 Å². The highest BCUT2D eigenvalue weighted by molar-refractivity contribution is 9.10. The van der Waals surface area contributed by atoms with Crippen molar-refractivity contribution in [3.8, 4) is 0 Å². The summed E-state index contributed by atoms with van der Waals surface area (Å²) in [5.74, 6) is -1.48. The van der Waals surface area contributed by atoms with E-state index in [0.29, 0.717) is 4.47 Å². The molecule has 0 aliphatic rings. The Hall–Kier alpha value is -2.20. The third-order valence-electron chi connectivity index (χ3n) is 2.84. The zero-order valence-electron chi connectivity index (χ0n) is 11.7. The van der Waals surface area contributed by atoms with Gasteiger partial charge in [-0.3, -0.25) is 10.1 Å². The van der Waals surface area contributed by atoms with Gasteiger partial charge in [-0.25, -0.2) is 9.59 Å². The fraction of sp³-hybridized carbons (Fsp3) is 0.333. The number of carboxylic acids is 1. The van der Waals surface area contributed by atoms with Gasteiger partial charge in [-0.15, -0.1) is 0 Å². The molecule has 0 spiro atoms.